The van der Waals surface area contributed by atoms with Gasteiger partial charge in [-0.1, -0.05) is 54.6 Å². The van der Waals surface area contributed by atoms with Crippen molar-refractivity contribution in [1.29, 1.82) is 0 Å². The molecule has 2 saturated heterocycles. The Bertz CT molecular complexity index is 1080. The summed E-state index contributed by atoms with van der Waals surface area (Å²) in [5.41, 5.74) is 3.96. The molecule has 0 aromatic heterocycles. The van der Waals surface area contributed by atoms with Crippen LogP contribution in [0.3, 0.4) is 0 Å². The number of hydrogen-bond acceptors (Lipinski definition) is 5. The van der Waals surface area contributed by atoms with Gasteiger partial charge in [-0.2, -0.15) is 0 Å². The number of hydrazine groups is 1. The van der Waals surface area contributed by atoms with Gasteiger partial charge < -0.3 is 4.74 Å². The van der Waals surface area contributed by atoms with E-state index in [1.165, 1.54) is 19.2 Å². The van der Waals surface area contributed by atoms with Crippen LogP contribution in [0.5, 0.6) is 0 Å². The first kappa shape index (κ1) is 18.6. The number of benzene rings is 2. The van der Waals surface area contributed by atoms with Gasteiger partial charge in [0.15, 0.2) is 0 Å². The third-order valence-corrected chi connectivity index (χ3v) is 6.20. The second-order valence-electron chi connectivity index (χ2n) is 7.73. The van der Waals surface area contributed by atoms with Gasteiger partial charge in [-0.25, -0.2) is 14.8 Å². The first-order valence-electron chi connectivity index (χ1n) is 9.83. The molecule has 3 heterocycles. The monoisotopic (exact) mass is 403 g/mol. The molecule has 2 aromatic rings. The lowest BCUT2D eigenvalue weighted by Crippen LogP contribution is -2.52. The second kappa shape index (κ2) is 6.81. The number of likely N-dealkylation sites (tertiary alicyclic amines) is 1. The van der Waals surface area contributed by atoms with Crippen molar-refractivity contribution in [2.75, 3.05) is 14.2 Å². The molecule has 0 N–H and O–H groups in total. The Morgan fingerprint density at radius 3 is 2.43 bits per heavy atom. The number of nitrogens with zero attached hydrogens (tertiary/aromatic N) is 3. The Balaban J connectivity index is 1.73. The van der Waals surface area contributed by atoms with Crippen LogP contribution in [0.15, 0.2) is 54.6 Å². The van der Waals surface area contributed by atoms with Crippen molar-refractivity contribution in [3.05, 3.63) is 71.3 Å². The molecule has 3 aliphatic heterocycles. The molecule has 2 aromatic carbocycles. The molecule has 0 unspecified atom stereocenters. The van der Waals surface area contributed by atoms with E-state index < -0.39 is 24.1 Å². The molecule has 2 fully saturated rings. The van der Waals surface area contributed by atoms with E-state index in [4.69, 9.17) is 4.74 Å². The number of likely N-dealkylation sites (N-methyl/N-ethyl adjacent to an activating group) is 1. The van der Waals surface area contributed by atoms with Crippen LogP contribution < -0.4 is 0 Å². The maximum absolute atomic E-state index is 13.1. The molecular formula is C23H21N3O4. The highest BCUT2D eigenvalue weighted by molar-refractivity contribution is 6.10. The molecule has 7 heteroatoms. The van der Waals surface area contributed by atoms with Crippen LogP contribution in [-0.2, 0) is 20.9 Å². The van der Waals surface area contributed by atoms with Crippen molar-refractivity contribution < 1.29 is 19.1 Å². The molecule has 3 amide bonds. The first-order valence-corrected chi connectivity index (χ1v) is 9.83. The summed E-state index contributed by atoms with van der Waals surface area (Å²) in [6.45, 7) is 0.416. The molecule has 3 aliphatic rings. The van der Waals surface area contributed by atoms with Crippen LogP contribution in [-0.4, -0.2) is 59.1 Å². The minimum Gasteiger partial charge on any atom is -0.452 e. The zero-order chi connectivity index (χ0) is 21.0. The van der Waals surface area contributed by atoms with Crippen molar-refractivity contribution in [3.8, 4) is 0 Å². The molecule has 0 saturated carbocycles. The lowest BCUT2D eigenvalue weighted by atomic mass is 9.81. The Kier molecular flexibility index (Phi) is 4.22. The predicted molar refractivity (Wildman–Crippen MR) is 109 cm³/mol. The van der Waals surface area contributed by atoms with Crippen LogP contribution in [0.25, 0.3) is 11.6 Å². The summed E-state index contributed by atoms with van der Waals surface area (Å²) in [7, 11) is 2.76. The summed E-state index contributed by atoms with van der Waals surface area (Å²) in [6.07, 6.45) is 1.41. The topological polar surface area (TPSA) is 70.2 Å². The average Bonchev–Trinajstić information content (AvgIpc) is 3.22. The largest absolute Gasteiger partial charge is 0.452 e. The predicted octanol–water partition coefficient (Wildman–Crippen LogP) is 2.39. The number of ether oxygens (including phenoxy) is 1. The quantitative estimate of drug-likeness (QED) is 0.684. The number of carbonyl (C=O) groups excluding carboxylic acids is 3. The second-order valence-corrected chi connectivity index (χ2v) is 7.73. The SMILES string of the molecule is COC(=O)N1[C@@H]2C(=O)N(C)C(=O)[C@@H]2[C@@H]2/C(=C\c3ccccc3)c3ccccc3CN21. The van der Waals surface area contributed by atoms with E-state index >= 15 is 0 Å². The lowest BCUT2D eigenvalue weighted by Gasteiger charge is -2.39. The summed E-state index contributed by atoms with van der Waals surface area (Å²) in [5.74, 6) is -1.33. The third kappa shape index (κ3) is 2.52. The number of rotatable bonds is 1. The van der Waals surface area contributed by atoms with Crippen molar-refractivity contribution in [3.63, 3.8) is 0 Å². The lowest BCUT2D eigenvalue weighted by molar-refractivity contribution is -0.142. The summed E-state index contributed by atoms with van der Waals surface area (Å²) in [5, 5.41) is 3.16. The Hall–Kier alpha value is -3.45. The molecular weight excluding hydrogens is 382 g/mol. The van der Waals surface area contributed by atoms with Gasteiger partial charge in [0.1, 0.15) is 6.04 Å². The molecule has 5 rings (SSSR count). The van der Waals surface area contributed by atoms with E-state index in [0.29, 0.717) is 6.54 Å². The Labute approximate surface area is 174 Å². The van der Waals surface area contributed by atoms with Crippen LogP contribution in [0, 0.1) is 5.92 Å². The molecule has 0 spiro atoms. The van der Waals surface area contributed by atoms with Gasteiger partial charge in [-0.15, -0.1) is 0 Å². The number of methoxy groups -OCH3 is 1. The summed E-state index contributed by atoms with van der Waals surface area (Å²) in [6, 6.07) is 16.4. The highest BCUT2D eigenvalue weighted by Gasteiger charge is 2.64. The van der Waals surface area contributed by atoms with Gasteiger partial charge in [0.05, 0.1) is 19.1 Å². The zero-order valence-corrected chi connectivity index (χ0v) is 16.7. The van der Waals surface area contributed by atoms with Crippen LogP contribution >= 0.6 is 0 Å². The molecule has 30 heavy (non-hydrogen) atoms. The van der Waals surface area contributed by atoms with Gasteiger partial charge in [0.25, 0.3) is 5.91 Å². The van der Waals surface area contributed by atoms with Crippen LogP contribution in [0.2, 0.25) is 0 Å². The highest BCUT2D eigenvalue weighted by Crippen LogP contribution is 2.48. The van der Waals surface area contributed by atoms with Gasteiger partial charge in [0, 0.05) is 13.6 Å². The minimum atomic E-state index is -0.895. The Morgan fingerprint density at radius 1 is 1.00 bits per heavy atom. The first-order chi connectivity index (χ1) is 14.5. The van der Waals surface area contributed by atoms with E-state index in [2.05, 4.69) is 0 Å². The van der Waals surface area contributed by atoms with Crippen molar-refractivity contribution >= 4 is 29.6 Å². The molecule has 0 bridgehead atoms. The summed E-state index contributed by atoms with van der Waals surface area (Å²) < 4.78 is 5.00. The number of amides is 3. The number of carbonyl (C=O) groups is 3. The highest BCUT2D eigenvalue weighted by atomic mass is 16.5. The summed E-state index contributed by atoms with van der Waals surface area (Å²) >= 11 is 0. The van der Waals surface area contributed by atoms with E-state index in [9.17, 15) is 14.4 Å². The number of imide groups is 1. The molecule has 152 valence electrons. The van der Waals surface area contributed by atoms with Gasteiger partial charge in [0.2, 0.25) is 5.91 Å². The van der Waals surface area contributed by atoms with Gasteiger partial charge in [-0.3, -0.25) is 14.5 Å². The normalized spacial score (nSPS) is 26.6. The number of fused-ring (bicyclic) bond motifs is 4. The van der Waals surface area contributed by atoms with E-state index in [1.807, 2.05) is 65.7 Å². The van der Waals surface area contributed by atoms with Crippen molar-refractivity contribution in [2.45, 2.75) is 18.6 Å². The van der Waals surface area contributed by atoms with Gasteiger partial charge in [-0.05, 0) is 28.3 Å². The van der Waals surface area contributed by atoms with E-state index in [-0.39, 0.29) is 11.8 Å². The van der Waals surface area contributed by atoms with Crippen molar-refractivity contribution in [2.24, 2.45) is 5.92 Å². The Morgan fingerprint density at radius 2 is 1.70 bits per heavy atom. The van der Waals surface area contributed by atoms with Crippen LogP contribution in [0.4, 0.5) is 4.79 Å². The summed E-state index contributed by atoms with van der Waals surface area (Å²) in [4.78, 5) is 39.8. The van der Waals surface area contributed by atoms with Crippen LogP contribution in [0.1, 0.15) is 16.7 Å². The maximum Gasteiger partial charge on any atom is 0.424 e. The smallest absolute Gasteiger partial charge is 0.424 e. The fourth-order valence-corrected chi connectivity index (χ4v) is 4.87. The maximum atomic E-state index is 13.1. The standard InChI is InChI=1S/C23H21N3O4/c1-24-21(27)18-19-17(12-14-8-4-3-5-9-14)16-11-7-6-10-15(16)13-25(19)26(23(29)30-2)20(18)22(24)28/h3-12,18-20H,13H2,1-2H3/b17-12-/t18-,19+,20+/m1/s1. The fraction of sp³-hybridized carbons (Fsp3) is 0.261. The number of hydrogen-bond donors (Lipinski definition) is 0. The van der Waals surface area contributed by atoms with E-state index in [0.717, 1.165) is 27.2 Å². The molecule has 3 atom stereocenters. The van der Waals surface area contributed by atoms with Gasteiger partial charge >= 0.3 is 6.09 Å². The zero-order valence-electron chi connectivity index (χ0n) is 16.7. The third-order valence-electron chi connectivity index (χ3n) is 6.20. The fourth-order valence-electron chi connectivity index (χ4n) is 4.87. The minimum absolute atomic E-state index is 0.273. The molecule has 7 nitrogen and oxygen atoms in total. The average molecular weight is 403 g/mol. The van der Waals surface area contributed by atoms with Crippen molar-refractivity contribution in [1.82, 2.24) is 14.9 Å². The molecule has 0 radical (unpaired) electrons. The molecule has 0 aliphatic carbocycles. The van der Waals surface area contributed by atoms with E-state index in [1.54, 1.807) is 0 Å².